The zero-order valence-electron chi connectivity index (χ0n) is 18.4. The van der Waals surface area contributed by atoms with Gasteiger partial charge >= 0.3 is 0 Å². The summed E-state index contributed by atoms with van der Waals surface area (Å²) in [5.74, 6) is 2.14. The molecule has 2 rings (SSSR count). The molecule has 0 amide bonds. The third-order valence-corrected chi connectivity index (χ3v) is 6.31. The van der Waals surface area contributed by atoms with Gasteiger partial charge in [-0.15, -0.1) is 0 Å². The molecule has 0 fully saturated rings. The van der Waals surface area contributed by atoms with Crippen molar-refractivity contribution in [3.63, 3.8) is 0 Å². The van der Waals surface area contributed by atoms with Crippen molar-refractivity contribution in [2.24, 2.45) is 0 Å². The standard InChI is InChI=1S/C27H42O/c1-2-3-4-5-6-7-8-9-10-11-12-13-14-15-17-24-20-21-27-25(22-24)18-16-19-26(27)23-28/h20-22H,2-19H2,1H3. The summed E-state index contributed by atoms with van der Waals surface area (Å²) < 4.78 is 0. The monoisotopic (exact) mass is 382 g/mol. The number of fused-ring (bicyclic) bond motifs is 1. The molecule has 1 aromatic rings. The van der Waals surface area contributed by atoms with Crippen LogP contribution in [0.4, 0.5) is 0 Å². The van der Waals surface area contributed by atoms with Crippen LogP contribution in [0.2, 0.25) is 0 Å². The van der Waals surface area contributed by atoms with Crippen LogP contribution in [0.25, 0.3) is 5.57 Å². The van der Waals surface area contributed by atoms with Crippen molar-refractivity contribution in [1.29, 1.82) is 0 Å². The second-order valence-corrected chi connectivity index (χ2v) is 8.77. The maximum Gasteiger partial charge on any atom is 0.128 e. The fourth-order valence-electron chi connectivity index (χ4n) is 4.52. The van der Waals surface area contributed by atoms with Gasteiger partial charge in [-0.05, 0) is 48.8 Å². The Morgan fingerprint density at radius 2 is 1.32 bits per heavy atom. The lowest BCUT2D eigenvalue weighted by atomic mass is 9.86. The summed E-state index contributed by atoms with van der Waals surface area (Å²) in [6, 6.07) is 6.73. The molecule has 28 heavy (non-hydrogen) atoms. The van der Waals surface area contributed by atoms with Gasteiger partial charge in [-0.1, -0.05) is 109 Å². The van der Waals surface area contributed by atoms with E-state index < -0.39 is 0 Å². The van der Waals surface area contributed by atoms with E-state index >= 15 is 0 Å². The maximum atomic E-state index is 11.1. The predicted octanol–water partition coefficient (Wildman–Crippen LogP) is 8.26. The quantitative estimate of drug-likeness (QED) is 0.220. The van der Waals surface area contributed by atoms with Crippen molar-refractivity contribution in [2.75, 3.05) is 0 Å². The van der Waals surface area contributed by atoms with Crippen molar-refractivity contribution in [3.8, 4) is 0 Å². The smallest absolute Gasteiger partial charge is 0.128 e. The van der Waals surface area contributed by atoms with Crippen LogP contribution in [0.1, 0.15) is 126 Å². The highest BCUT2D eigenvalue weighted by atomic mass is 16.1. The van der Waals surface area contributed by atoms with Crippen LogP contribution in [0.5, 0.6) is 0 Å². The number of allylic oxidation sites excluding steroid dienone is 1. The summed E-state index contributed by atoms with van der Waals surface area (Å²) in [5.41, 5.74) is 4.85. The minimum absolute atomic E-state index is 0.879. The summed E-state index contributed by atoms with van der Waals surface area (Å²) in [7, 11) is 0. The summed E-state index contributed by atoms with van der Waals surface area (Å²) in [6.07, 6.45) is 24.1. The molecular formula is C27H42O. The van der Waals surface area contributed by atoms with Gasteiger partial charge in [-0.25, -0.2) is 4.79 Å². The van der Waals surface area contributed by atoms with Gasteiger partial charge in [0.2, 0.25) is 0 Å². The Morgan fingerprint density at radius 3 is 1.89 bits per heavy atom. The normalized spacial score (nSPS) is 13.4. The van der Waals surface area contributed by atoms with Crippen LogP contribution in [0.3, 0.4) is 0 Å². The number of rotatable bonds is 15. The zero-order valence-corrected chi connectivity index (χ0v) is 18.4. The molecule has 0 radical (unpaired) electrons. The minimum Gasteiger partial charge on any atom is -0.233 e. The topological polar surface area (TPSA) is 17.1 Å². The molecule has 0 unspecified atom stereocenters. The first-order valence-corrected chi connectivity index (χ1v) is 12.2. The fourth-order valence-corrected chi connectivity index (χ4v) is 4.52. The van der Waals surface area contributed by atoms with E-state index in [1.807, 2.05) is 0 Å². The van der Waals surface area contributed by atoms with Crippen molar-refractivity contribution in [3.05, 3.63) is 34.9 Å². The summed E-state index contributed by atoms with van der Waals surface area (Å²) in [6.45, 7) is 2.29. The molecule has 156 valence electrons. The van der Waals surface area contributed by atoms with E-state index in [2.05, 4.69) is 31.1 Å². The van der Waals surface area contributed by atoms with Crippen molar-refractivity contribution >= 4 is 11.5 Å². The molecule has 1 aliphatic carbocycles. The molecule has 0 saturated carbocycles. The Balaban J connectivity index is 1.45. The average molecular weight is 383 g/mol. The van der Waals surface area contributed by atoms with Crippen LogP contribution < -0.4 is 0 Å². The van der Waals surface area contributed by atoms with E-state index in [-0.39, 0.29) is 0 Å². The molecule has 0 spiro atoms. The van der Waals surface area contributed by atoms with E-state index in [9.17, 15) is 4.79 Å². The Morgan fingerprint density at radius 1 is 0.750 bits per heavy atom. The molecule has 1 aromatic carbocycles. The first-order valence-electron chi connectivity index (χ1n) is 12.2. The molecule has 1 aliphatic rings. The van der Waals surface area contributed by atoms with Gasteiger partial charge in [0, 0.05) is 5.57 Å². The molecule has 0 atom stereocenters. The van der Waals surface area contributed by atoms with E-state index in [1.54, 1.807) is 0 Å². The SMILES string of the molecule is CCCCCCCCCCCCCCCCc1ccc2c(c1)CCCC2=C=O. The summed E-state index contributed by atoms with van der Waals surface area (Å²) in [5, 5.41) is 0. The second-order valence-electron chi connectivity index (χ2n) is 8.77. The third-order valence-electron chi connectivity index (χ3n) is 6.31. The van der Waals surface area contributed by atoms with E-state index in [4.69, 9.17) is 0 Å². The number of hydrogen-bond donors (Lipinski definition) is 0. The average Bonchev–Trinajstić information content (AvgIpc) is 2.73. The fraction of sp³-hybridized carbons (Fsp3) is 0.704. The lowest BCUT2D eigenvalue weighted by molar-refractivity contribution is 0.535. The van der Waals surface area contributed by atoms with Gasteiger partial charge in [0.05, 0.1) is 0 Å². The number of benzene rings is 1. The highest BCUT2D eigenvalue weighted by Gasteiger charge is 2.15. The molecule has 0 N–H and O–H groups in total. The van der Waals surface area contributed by atoms with Crippen molar-refractivity contribution < 1.29 is 4.79 Å². The van der Waals surface area contributed by atoms with Gasteiger partial charge in [0.1, 0.15) is 5.94 Å². The Kier molecular flexibility index (Phi) is 12.0. The van der Waals surface area contributed by atoms with Crippen LogP contribution in [0.15, 0.2) is 18.2 Å². The predicted molar refractivity (Wildman–Crippen MR) is 122 cm³/mol. The second kappa shape index (κ2) is 14.6. The molecule has 0 aromatic heterocycles. The van der Waals surface area contributed by atoms with E-state index in [1.165, 1.54) is 107 Å². The Hall–Kier alpha value is -1.33. The molecule has 0 bridgehead atoms. The first kappa shape index (κ1) is 23.0. The molecule has 0 heterocycles. The van der Waals surface area contributed by atoms with Crippen molar-refractivity contribution in [2.45, 2.75) is 122 Å². The number of carbonyl (C=O) groups excluding carboxylic acids is 1. The minimum atomic E-state index is 0.879. The highest BCUT2D eigenvalue weighted by Crippen LogP contribution is 2.29. The largest absolute Gasteiger partial charge is 0.233 e. The number of aryl methyl sites for hydroxylation is 2. The molecule has 1 heteroatoms. The van der Waals surface area contributed by atoms with Gasteiger partial charge in [0.15, 0.2) is 0 Å². The summed E-state index contributed by atoms with van der Waals surface area (Å²) >= 11 is 0. The molecular weight excluding hydrogens is 340 g/mol. The van der Waals surface area contributed by atoms with Crippen LogP contribution in [0, 0.1) is 0 Å². The number of unbranched alkanes of at least 4 members (excludes halogenated alkanes) is 13. The van der Waals surface area contributed by atoms with Crippen LogP contribution in [-0.4, -0.2) is 5.94 Å². The Labute approximate surface area is 174 Å². The van der Waals surface area contributed by atoms with Gasteiger partial charge < -0.3 is 0 Å². The van der Waals surface area contributed by atoms with Crippen LogP contribution in [-0.2, 0) is 17.6 Å². The lowest BCUT2D eigenvalue weighted by Gasteiger charge is -2.17. The van der Waals surface area contributed by atoms with Gasteiger partial charge in [-0.3, -0.25) is 0 Å². The van der Waals surface area contributed by atoms with Gasteiger partial charge in [-0.2, -0.15) is 0 Å². The summed E-state index contributed by atoms with van der Waals surface area (Å²) in [4.78, 5) is 11.1. The first-order chi connectivity index (χ1) is 13.8. The zero-order chi connectivity index (χ0) is 19.9. The number of hydrogen-bond acceptors (Lipinski definition) is 1. The van der Waals surface area contributed by atoms with Crippen molar-refractivity contribution in [1.82, 2.24) is 0 Å². The lowest BCUT2D eigenvalue weighted by Crippen LogP contribution is -2.03. The van der Waals surface area contributed by atoms with Crippen LogP contribution >= 0.6 is 0 Å². The Bertz CT molecular complexity index is 594. The third kappa shape index (κ3) is 8.78. The molecule has 1 nitrogen and oxygen atoms in total. The molecule has 0 aliphatic heterocycles. The highest BCUT2D eigenvalue weighted by molar-refractivity contribution is 5.89. The van der Waals surface area contributed by atoms with E-state index in [0.717, 1.165) is 30.4 Å². The van der Waals surface area contributed by atoms with E-state index in [0.29, 0.717) is 0 Å². The maximum absolute atomic E-state index is 11.1. The molecule has 0 saturated heterocycles. The van der Waals surface area contributed by atoms with Gasteiger partial charge in [0.25, 0.3) is 0 Å².